The molecule has 7 heteroatoms. The third-order valence-corrected chi connectivity index (χ3v) is 7.30. The lowest BCUT2D eigenvalue weighted by Crippen LogP contribution is -2.46. The number of hydrogen-bond donors (Lipinski definition) is 1. The van der Waals surface area contributed by atoms with E-state index in [0.717, 1.165) is 11.3 Å². The van der Waals surface area contributed by atoms with E-state index in [4.69, 9.17) is 0 Å². The molecule has 0 spiro atoms. The molecule has 0 saturated carbocycles. The van der Waals surface area contributed by atoms with E-state index < -0.39 is 10.0 Å². The average Bonchev–Trinajstić information content (AvgIpc) is 2.73. The van der Waals surface area contributed by atoms with E-state index in [0.29, 0.717) is 31.5 Å². The molecule has 6 nitrogen and oxygen atoms in total. The number of hydrogen-bond acceptors (Lipinski definition) is 4. The highest BCUT2D eigenvalue weighted by Crippen LogP contribution is 2.24. The first-order valence-electron chi connectivity index (χ1n) is 10.7. The normalized spacial score (nSPS) is 15.7. The van der Waals surface area contributed by atoms with E-state index in [1.807, 2.05) is 55.4 Å². The fourth-order valence-corrected chi connectivity index (χ4v) is 5.01. The monoisotopic (exact) mass is 443 g/mol. The summed E-state index contributed by atoms with van der Waals surface area (Å²) in [6.07, 6.45) is 1.20. The molecule has 168 valence electrons. The highest BCUT2D eigenvalue weighted by Gasteiger charge is 2.27. The first kappa shape index (κ1) is 23.3. The quantitative estimate of drug-likeness (QED) is 0.766. The Labute approximate surface area is 186 Å². The molecule has 0 unspecified atom stereocenters. The number of nitrogens with zero attached hydrogens (tertiary/aromatic N) is 2. The van der Waals surface area contributed by atoms with Crippen LogP contribution in [0, 0.1) is 0 Å². The maximum absolute atomic E-state index is 12.8. The minimum Gasteiger partial charge on any atom is -0.378 e. The molecular formula is C24H33N3O3S. The summed E-state index contributed by atoms with van der Waals surface area (Å²) in [7, 11) is 0.337. The van der Waals surface area contributed by atoms with E-state index in [-0.39, 0.29) is 22.3 Å². The van der Waals surface area contributed by atoms with Crippen LogP contribution in [0.25, 0.3) is 0 Å². The first-order valence-corrected chi connectivity index (χ1v) is 12.2. The van der Waals surface area contributed by atoms with E-state index >= 15 is 0 Å². The summed E-state index contributed by atoms with van der Waals surface area (Å²) < 4.78 is 28.4. The Balaban J connectivity index is 1.58. The molecule has 2 aromatic rings. The molecule has 1 aliphatic heterocycles. The van der Waals surface area contributed by atoms with E-state index in [1.54, 1.807) is 17.0 Å². The number of nitrogens with one attached hydrogen (secondary N) is 1. The molecule has 0 atom stereocenters. The Morgan fingerprint density at radius 2 is 1.52 bits per heavy atom. The summed E-state index contributed by atoms with van der Waals surface area (Å²) in [5.41, 5.74) is 2.77. The van der Waals surface area contributed by atoms with Gasteiger partial charge in [-0.3, -0.25) is 4.79 Å². The summed E-state index contributed by atoms with van der Waals surface area (Å²) in [4.78, 5) is 16.8. The van der Waals surface area contributed by atoms with Gasteiger partial charge in [-0.15, -0.1) is 0 Å². The van der Waals surface area contributed by atoms with Gasteiger partial charge in [-0.25, -0.2) is 13.1 Å². The van der Waals surface area contributed by atoms with Gasteiger partial charge in [0, 0.05) is 44.5 Å². The van der Waals surface area contributed by atoms with Gasteiger partial charge in [0.15, 0.2) is 0 Å². The minimum atomic E-state index is -3.58. The lowest BCUT2D eigenvalue weighted by molar-refractivity contribution is 0.0711. The molecule has 1 saturated heterocycles. The van der Waals surface area contributed by atoms with Crippen molar-refractivity contribution in [3.05, 3.63) is 59.7 Å². The summed E-state index contributed by atoms with van der Waals surface area (Å²) in [6, 6.07) is 14.4. The van der Waals surface area contributed by atoms with Gasteiger partial charge in [0.05, 0.1) is 4.90 Å². The van der Waals surface area contributed by atoms with E-state index in [2.05, 4.69) is 25.5 Å². The number of carbonyl (C=O) groups is 1. The second-order valence-corrected chi connectivity index (χ2v) is 11.1. The van der Waals surface area contributed by atoms with Crippen molar-refractivity contribution in [1.82, 2.24) is 9.62 Å². The van der Waals surface area contributed by atoms with Crippen molar-refractivity contribution in [3.63, 3.8) is 0 Å². The smallest absolute Gasteiger partial charge is 0.253 e. The molecule has 1 N–H and O–H groups in total. The fraction of sp³-hybridized carbons (Fsp3) is 0.458. The summed E-state index contributed by atoms with van der Waals surface area (Å²) >= 11 is 0. The first-order chi connectivity index (χ1) is 14.5. The summed E-state index contributed by atoms with van der Waals surface area (Å²) in [5.74, 6) is -0.00983. The van der Waals surface area contributed by atoms with Crippen LogP contribution >= 0.6 is 0 Å². The van der Waals surface area contributed by atoms with Crippen LogP contribution in [-0.4, -0.2) is 52.5 Å². The van der Waals surface area contributed by atoms with Crippen LogP contribution in [0.5, 0.6) is 0 Å². The summed E-state index contributed by atoms with van der Waals surface area (Å²) in [6.45, 7) is 7.36. The number of amides is 1. The SMILES string of the molecule is CN(C)c1ccc(C(=O)N2CCC(NS(=O)(=O)c3ccc(C(C)(C)C)cc3)CC2)cc1. The number of carbonyl (C=O) groups excluding carboxylic acids is 1. The topological polar surface area (TPSA) is 69.7 Å². The fourth-order valence-electron chi connectivity index (χ4n) is 3.71. The van der Waals surface area contributed by atoms with Gasteiger partial charge in [-0.05, 0) is 60.2 Å². The molecule has 0 radical (unpaired) electrons. The zero-order valence-corrected chi connectivity index (χ0v) is 19.9. The molecule has 0 aromatic heterocycles. The van der Waals surface area contributed by atoms with Gasteiger partial charge in [0.1, 0.15) is 0 Å². The molecular weight excluding hydrogens is 410 g/mol. The largest absolute Gasteiger partial charge is 0.378 e. The van der Waals surface area contributed by atoms with Gasteiger partial charge in [-0.2, -0.15) is 0 Å². The average molecular weight is 444 g/mol. The van der Waals surface area contributed by atoms with Gasteiger partial charge in [0.2, 0.25) is 10.0 Å². The maximum Gasteiger partial charge on any atom is 0.253 e. The number of piperidine rings is 1. The lowest BCUT2D eigenvalue weighted by atomic mass is 9.87. The van der Waals surface area contributed by atoms with Crippen molar-refractivity contribution in [3.8, 4) is 0 Å². The lowest BCUT2D eigenvalue weighted by Gasteiger charge is -2.32. The number of benzene rings is 2. The van der Waals surface area contributed by atoms with Crippen molar-refractivity contribution in [1.29, 1.82) is 0 Å². The molecule has 1 heterocycles. The molecule has 1 amide bonds. The zero-order chi connectivity index (χ0) is 22.8. The maximum atomic E-state index is 12.8. The summed E-state index contributed by atoms with van der Waals surface area (Å²) in [5, 5.41) is 0. The molecule has 0 aliphatic carbocycles. The second-order valence-electron chi connectivity index (χ2n) is 9.40. The molecule has 0 bridgehead atoms. The number of anilines is 1. The highest BCUT2D eigenvalue weighted by molar-refractivity contribution is 7.89. The highest BCUT2D eigenvalue weighted by atomic mass is 32.2. The van der Waals surface area contributed by atoms with Crippen molar-refractivity contribution in [2.24, 2.45) is 0 Å². The third-order valence-electron chi connectivity index (χ3n) is 5.77. The number of likely N-dealkylation sites (tertiary alicyclic amines) is 1. The van der Waals surface area contributed by atoms with Gasteiger partial charge in [0.25, 0.3) is 5.91 Å². The molecule has 1 aliphatic rings. The predicted octanol–water partition coefficient (Wildman–Crippen LogP) is 3.63. The Hall–Kier alpha value is -2.38. The van der Waals surface area contributed by atoms with Gasteiger partial charge < -0.3 is 9.80 Å². The van der Waals surface area contributed by atoms with Gasteiger partial charge in [-0.1, -0.05) is 32.9 Å². The second kappa shape index (κ2) is 9.01. The Morgan fingerprint density at radius 1 is 0.968 bits per heavy atom. The minimum absolute atomic E-state index is 0.00983. The Kier molecular flexibility index (Phi) is 6.76. The number of sulfonamides is 1. The number of rotatable bonds is 5. The Morgan fingerprint density at radius 3 is 2.00 bits per heavy atom. The van der Waals surface area contributed by atoms with Crippen molar-refractivity contribution in [2.45, 2.75) is 50.0 Å². The van der Waals surface area contributed by atoms with Crippen molar-refractivity contribution >= 4 is 21.6 Å². The van der Waals surface area contributed by atoms with Gasteiger partial charge >= 0.3 is 0 Å². The van der Waals surface area contributed by atoms with E-state index in [1.165, 1.54) is 0 Å². The molecule has 2 aromatic carbocycles. The van der Waals surface area contributed by atoms with E-state index in [9.17, 15) is 13.2 Å². The molecule has 31 heavy (non-hydrogen) atoms. The molecule has 1 fully saturated rings. The molecule has 3 rings (SSSR count). The predicted molar refractivity (Wildman–Crippen MR) is 125 cm³/mol. The van der Waals surface area contributed by atoms with Crippen molar-refractivity contribution in [2.75, 3.05) is 32.1 Å². The Bertz CT molecular complexity index is 1000. The van der Waals surface area contributed by atoms with Crippen LogP contribution in [0.15, 0.2) is 53.4 Å². The van der Waals surface area contributed by atoms with Crippen LogP contribution in [-0.2, 0) is 15.4 Å². The van der Waals surface area contributed by atoms with Crippen LogP contribution in [0.1, 0.15) is 49.5 Å². The third kappa shape index (κ3) is 5.66. The zero-order valence-electron chi connectivity index (χ0n) is 19.1. The van der Waals surface area contributed by atoms with Crippen LogP contribution in [0.3, 0.4) is 0 Å². The standard InChI is InChI=1S/C24H33N3O3S/c1-24(2,3)19-8-12-22(13-9-19)31(29,30)25-20-14-16-27(17-15-20)23(28)18-6-10-21(11-7-18)26(4)5/h6-13,20,25H,14-17H2,1-5H3. The van der Waals surface area contributed by atoms with Crippen LogP contribution < -0.4 is 9.62 Å². The van der Waals surface area contributed by atoms with Crippen LogP contribution in [0.4, 0.5) is 5.69 Å². The van der Waals surface area contributed by atoms with Crippen LogP contribution in [0.2, 0.25) is 0 Å². The van der Waals surface area contributed by atoms with Crippen molar-refractivity contribution < 1.29 is 13.2 Å².